The quantitative estimate of drug-likeness (QED) is 0.764. The molecule has 4 nitrogen and oxygen atoms in total. The summed E-state index contributed by atoms with van der Waals surface area (Å²) in [6.07, 6.45) is 1.01. The zero-order valence-electron chi connectivity index (χ0n) is 11.1. The van der Waals surface area contributed by atoms with Crippen molar-refractivity contribution in [2.45, 2.75) is 18.9 Å². The van der Waals surface area contributed by atoms with E-state index in [2.05, 4.69) is 5.32 Å². The highest BCUT2D eigenvalue weighted by Gasteiger charge is 2.13. The number of rotatable bonds is 7. The summed E-state index contributed by atoms with van der Waals surface area (Å²) in [4.78, 5) is 13.8. The molecule has 1 atom stereocenters. The molecule has 0 heterocycles. The summed E-state index contributed by atoms with van der Waals surface area (Å²) in [6.45, 7) is 0.792. The minimum atomic E-state index is -0.106. The fourth-order valence-corrected chi connectivity index (χ4v) is 1.73. The van der Waals surface area contributed by atoms with Crippen molar-refractivity contribution in [1.82, 2.24) is 10.2 Å². The molecule has 2 N–H and O–H groups in total. The van der Waals surface area contributed by atoms with Crippen molar-refractivity contribution in [2.24, 2.45) is 0 Å². The van der Waals surface area contributed by atoms with Crippen molar-refractivity contribution in [3.05, 3.63) is 35.9 Å². The first kappa shape index (κ1) is 14.7. The third kappa shape index (κ3) is 5.29. The fraction of sp³-hybridized carbons (Fsp3) is 0.500. The highest BCUT2D eigenvalue weighted by molar-refractivity contribution is 5.76. The third-order valence-electron chi connectivity index (χ3n) is 2.74. The first-order chi connectivity index (χ1) is 8.63. The second-order valence-electron chi connectivity index (χ2n) is 4.60. The van der Waals surface area contributed by atoms with Crippen LogP contribution in [0.4, 0.5) is 0 Å². The monoisotopic (exact) mass is 250 g/mol. The van der Waals surface area contributed by atoms with Gasteiger partial charge >= 0.3 is 0 Å². The second-order valence-corrected chi connectivity index (χ2v) is 4.60. The Morgan fingerprint density at radius 2 is 2.00 bits per heavy atom. The van der Waals surface area contributed by atoms with Crippen LogP contribution in [0.1, 0.15) is 24.4 Å². The normalized spacial score (nSPS) is 12.4. The summed E-state index contributed by atoms with van der Waals surface area (Å²) < 4.78 is 0. The van der Waals surface area contributed by atoms with Crippen molar-refractivity contribution in [2.75, 3.05) is 27.2 Å². The van der Waals surface area contributed by atoms with Gasteiger partial charge in [0.05, 0.1) is 6.04 Å². The van der Waals surface area contributed by atoms with Gasteiger partial charge in [0.15, 0.2) is 0 Å². The molecule has 4 heteroatoms. The van der Waals surface area contributed by atoms with Crippen molar-refractivity contribution in [3.63, 3.8) is 0 Å². The Bertz CT molecular complexity index is 352. The average molecular weight is 250 g/mol. The van der Waals surface area contributed by atoms with Crippen LogP contribution in [0.15, 0.2) is 30.3 Å². The van der Waals surface area contributed by atoms with Crippen LogP contribution in [0.3, 0.4) is 0 Å². The first-order valence-corrected chi connectivity index (χ1v) is 6.23. The van der Waals surface area contributed by atoms with E-state index in [9.17, 15) is 4.79 Å². The van der Waals surface area contributed by atoms with E-state index in [1.165, 1.54) is 0 Å². The maximum atomic E-state index is 11.8. The molecule has 0 saturated heterocycles. The lowest BCUT2D eigenvalue weighted by molar-refractivity contribution is -0.122. The number of nitrogens with one attached hydrogen (secondary N) is 1. The highest BCUT2D eigenvalue weighted by Crippen LogP contribution is 2.15. The van der Waals surface area contributed by atoms with Gasteiger partial charge in [0.25, 0.3) is 0 Å². The molecule has 0 radical (unpaired) electrons. The summed E-state index contributed by atoms with van der Waals surface area (Å²) in [5, 5.41) is 12.0. The van der Waals surface area contributed by atoms with E-state index in [0.29, 0.717) is 12.8 Å². The van der Waals surface area contributed by atoms with Gasteiger partial charge in [0.2, 0.25) is 5.91 Å². The average Bonchev–Trinajstić information content (AvgIpc) is 2.37. The van der Waals surface area contributed by atoms with Gasteiger partial charge in [-0.25, -0.2) is 0 Å². The number of hydrogen-bond acceptors (Lipinski definition) is 3. The lowest BCUT2D eigenvalue weighted by Gasteiger charge is -2.19. The van der Waals surface area contributed by atoms with Crippen molar-refractivity contribution >= 4 is 5.91 Å². The third-order valence-corrected chi connectivity index (χ3v) is 2.74. The van der Waals surface area contributed by atoms with E-state index >= 15 is 0 Å². The Morgan fingerprint density at radius 3 is 2.56 bits per heavy atom. The summed E-state index contributed by atoms with van der Waals surface area (Å²) in [7, 11) is 3.88. The Balaban J connectivity index is 2.55. The van der Waals surface area contributed by atoms with Gasteiger partial charge in [-0.3, -0.25) is 4.79 Å². The molecule has 0 aliphatic carbocycles. The molecular formula is C14H22N2O2. The van der Waals surface area contributed by atoms with E-state index in [-0.39, 0.29) is 18.6 Å². The van der Waals surface area contributed by atoms with Crippen LogP contribution in [0.2, 0.25) is 0 Å². The smallest absolute Gasteiger partial charge is 0.221 e. The minimum absolute atomic E-state index is 0.0194. The van der Waals surface area contributed by atoms with Crippen molar-refractivity contribution < 1.29 is 9.90 Å². The summed E-state index contributed by atoms with van der Waals surface area (Å²) >= 11 is 0. The molecule has 0 spiro atoms. The number of amides is 1. The van der Waals surface area contributed by atoms with Gasteiger partial charge in [-0.1, -0.05) is 30.3 Å². The fourth-order valence-electron chi connectivity index (χ4n) is 1.73. The van der Waals surface area contributed by atoms with Crippen LogP contribution < -0.4 is 5.32 Å². The lowest BCUT2D eigenvalue weighted by Crippen LogP contribution is -2.31. The topological polar surface area (TPSA) is 52.6 Å². The number of nitrogens with zero attached hydrogens (tertiary/aromatic N) is 1. The Morgan fingerprint density at radius 1 is 1.33 bits per heavy atom. The second kappa shape index (κ2) is 7.84. The molecular weight excluding hydrogens is 228 g/mol. The predicted molar refractivity (Wildman–Crippen MR) is 72.2 cm³/mol. The molecule has 0 bridgehead atoms. The molecule has 0 aliphatic heterocycles. The number of benzene rings is 1. The van der Waals surface area contributed by atoms with Crippen LogP contribution in [0.25, 0.3) is 0 Å². The van der Waals surface area contributed by atoms with Crippen molar-refractivity contribution in [3.8, 4) is 0 Å². The predicted octanol–water partition coefficient (Wildman–Crippen LogP) is 1.18. The van der Waals surface area contributed by atoms with Gasteiger partial charge in [-0.2, -0.15) is 0 Å². The number of aliphatic hydroxyl groups is 1. The van der Waals surface area contributed by atoms with Crippen LogP contribution in [-0.2, 0) is 4.79 Å². The van der Waals surface area contributed by atoms with Gasteiger partial charge in [-0.15, -0.1) is 0 Å². The van der Waals surface area contributed by atoms with Gasteiger partial charge in [-0.05, 0) is 26.1 Å². The molecule has 0 aromatic heterocycles. The zero-order valence-corrected chi connectivity index (χ0v) is 11.1. The standard InChI is InChI=1S/C14H22N2O2/c1-16(2)10-8-14(18)15-13(9-11-17)12-6-4-3-5-7-12/h3-7,13,17H,8-11H2,1-2H3,(H,15,18). The zero-order chi connectivity index (χ0) is 13.4. The Hall–Kier alpha value is -1.39. The first-order valence-electron chi connectivity index (χ1n) is 6.23. The molecule has 1 aromatic carbocycles. The molecule has 100 valence electrons. The van der Waals surface area contributed by atoms with Gasteiger partial charge in [0, 0.05) is 19.6 Å². The minimum Gasteiger partial charge on any atom is -0.396 e. The van der Waals surface area contributed by atoms with E-state index in [1.807, 2.05) is 49.3 Å². The van der Waals surface area contributed by atoms with Crippen LogP contribution in [0.5, 0.6) is 0 Å². The van der Waals surface area contributed by atoms with Gasteiger partial charge < -0.3 is 15.3 Å². The molecule has 0 aliphatic rings. The molecule has 1 unspecified atom stereocenters. The molecule has 1 amide bonds. The SMILES string of the molecule is CN(C)CCC(=O)NC(CCO)c1ccccc1. The highest BCUT2D eigenvalue weighted by atomic mass is 16.3. The van der Waals surface area contributed by atoms with Crippen LogP contribution in [0, 0.1) is 0 Å². The van der Waals surface area contributed by atoms with E-state index < -0.39 is 0 Å². The largest absolute Gasteiger partial charge is 0.396 e. The molecule has 18 heavy (non-hydrogen) atoms. The van der Waals surface area contributed by atoms with E-state index in [1.54, 1.807) is 0 Å². The van der Waals surface area contributed by atoms with Crippen LogP contribution >= 0.6 is 0 Å². The molecule has 0 fully saturated rings. The van der Waals surface area contributed by atoms with E-state index in [4.69, 9.17) is 5.11 Å². The molecule has 0 saturated carbocycles. The Labute approximate surface area is 109 Å². The summed E-state index contributed by atoms with van der Waals surface area (Å²) in [5.41, 5.74) is 1.03. The lowest BCUT2D eigenvalue weighted by atomic mass is 10.0. The number of carbonyl (C=O) groups excluding carboxylic acids is 1. The maximum absolute atomic E-state index is 11.8. The summed E-state index contributed by atoms with van der Waals surface area (Å²) in [5.74, 6) is 0.0194. The van der Waals surface area contributed by atoms with Gasteiger partial charge in [0.1, 0.15) is 0 Å². The summed E-state index contributed by atoms with van der Waals surface area (Å²) in [6, 6.07) is 9.63. The van der Waals surface area contributed by atoms with Crippen LogP contribution in [-0.4, -0.2) is 43.2 Å². The Kier molecular flexibility index (Phi) is 6.39. The number of carbonyl (C=O) groups is 1. The molecule has 1 aromatic rings. The maximum Gasteiger partial charge on any atom is 0.221 e. The van der Waals surface area contributed by atoms with E-state index in [0.717, 1.165) is 12.1 Å². The molecule has 1 rings (SSSR count). The van der Waals surface area contributed by atoms with Crippen molar-refractivity contribution in [1.29, 1.82) is 0 Å². The number of aliphatic hydroxyl groups excluding tert-OH is 1. The number of hydrogen-bond donors (Lipinski definition) is 2.